The van der Waals surface area contributed by atoms with Gasteiger partial charge in [0.25, 0.3) is 0 Å². The first-order valence-corrected chi connectivity index (χ1v) is 11.0. The minimum Gasteiger partial charge on any atom is -0.326 e. The summed E-state index contributed by atoms with van der Waals surface area (Å²) in [7, 11) is 0. The van der Waals surface area contributed by atoms with Crippen LogP contribution in [-0.2, 0) is 9.59 Å². The van der Waals surface area contributed by atoms with Gasteiger partial charge in [0.05, 0.1) is 0 Å². The van der Waals surface area contributed by atoms with E-state index in [0.29, 0.717) is 10.7 Å². The van der Waals surface area contributed by atoms with E-state index in [0.717, 1.165) is 29.0 Å². The number of rotatable bonds is 7. The van der Waals surface area contributed by atoms with Crippen molar-refractivity contribution in [3.63, 3.8) is 0 Å². The molecule has 3 aromatic carbocycles. The Morgan fingerprint density at radius 2 is 1.60 bits per heavy atom. The van der Waals surface area contributed by atoms with E-state index in [1.54, 1.807) is 18.2 Å². The monoisotopic (exact) mass is 436 g/mol. The van der Waals surface area contributed by atoms with Gasteiger partial charge in [-0.15, -0.1) is 11.8 Å². The average Bonchev–Trinajstić information content (AvgIpc) is 3.59. The van der Waals surface area contributed by atoms with Crippen LogP contribution in [0.4, 0.5) is 11.4 Å². The van der Waals surface area contributed by atoms with Crippen molar-refractivity contribution >= 4 is 46.6 Å². The second-order valence-corrected chi connectivity index (χ2v) is 8.81. The predicted octanol–water partition coefficient (Wildman–Crippen LogP) is 6.16. The Labute approximate surface area is 185 Å². The molecule has 152 valence electrons. The third kappa shape index (κ3) is 5.43. The van der Waals surface area contributed by atoms with Crippen LogP contribution in [-0.4, -0.2) is 11.8 Å². The number of carbonyl (C=O) groups excluding carboxylic acids is 2. The molecule has 6 heteroatoms. The largest absolute Gasteiger partial charge is 0.326 e. The van der Waals surface area contributed by atoms with Crippen LogP contribution >= 0.6 is 23.4 Å². The lowest BCUT2D eigenvalue weighted by atomic mass is 10.1. The summed E-state index contributed by atoms with van der Waals surface area (Å²) in [5, 5.41) is 6.03. The molecule has 0 saturated heterocycles. The van der Waals surface area contributed by atoms with Crippen LogP contribution < -0.4 is 10.6 Å². The first-order chi connectivity index (χ1) is 14.6. The number of amides is 2. The first-order valence-electron chi connectivity index (χ1n) is 9.77. The van der Waals surface area contributed by atoms with Gasteiger partial charge in [-0.3, -0.25) is 9.59 Å². The smallest absolute Gasteiger partial charge is 0.242 e. The molecule has 4 nitrogen and oxygen atoms in total. The molecule has 1 aliphatic carbocycles. The summed E-state index contributed by atoms with van der Waals surface area (Å²) in [5.74, 6) is 0.120. The molecule has 1 unspecified atom stereocenters. The maximum Gasteiger partial charge on any atom is 0.242 e. The maximum atomic E-state index is 13.1. The molecule has 1 atom stereocenters. The van der Waals surface area contributed by atoms with Crippen LogP contribution in [0.15, 0.2) is 83.8 Å². The van der Waals surface area contributed by atoms with Gasteiger partial charge in [-0.25, -0.2) is 0 Å². The highest BCUT2D eigenvalue weighted by Gasteiger charge is 2.29. The van der Waals surface area contributed by atoms with Crippen molar-refractivity contribution in [3.8, 4) is 0 Å². The Balaban J connectivity index is 1.50. The summed E-state index contributed by atoms with van der Waals surface area (Å²) in [6, 6.07) is 24.4. The average molecular weight is 437 g/mol. The lowest BCUT2D eigenvalue weighted by molar-refractivity contribution is -0.117. The van der Waals surface area contributed by atoms with E-state index >= 15 is 0 Å². The van der Waals surface area contributed by atoms with Gasteiger partial charge < -0.3 is 10.6 Å². The zero-order valence-corrected chi connectivity index (χ0v) is 17.7. The van der Waals surface area contributed by atoms with E-state index in [1.165, 1.54) is 11.8 Å². The van der Waals surface area contributed by atoms with Crippen molar-refractivity contribution < 1.29 is 9.59 Å². The summed E-state index contributed by atoms with van der Waals surface area (Å²) in [6.07, 6.45) is 1.94. The van der Waals surface area contributed by atoms with Gasteiger partial charge in [0.1, 0.15) is 5.25 Å². The molecule has 0 spiro atoms. The van der Waals surface area contributed by atoms with Gasteiger partial charge in [0, 0.05) is 27.2 Å². The Morgan fingerprint density at radius 3 is 2.27 bits per heavy atom. The molecular formula is C24H21ClN2O2S. The quantitative estimate of drug-likeness (QED) is 0.436. The fourth-order valence-corrected chi connectivity index (χ4v) is 4.23. The highest BCUT2D eigenvalue weighted by atomic mass is 35.5. The normalized spacial score (nSPS) is 14.0. The topological polar surface area (TPSA) is 58.2 Å². The molecule has 4 rings (SSSR count). The van der Waals surface area contributed by atoms with Crippen molar-refractivity contribution in [1.82, 2.24) is 0 Å². The van der Waals surface area contributed by atoms with Gasteiger partial charge in [0.15, 0.2) is 0 Å². The summed E-state index contributed by atoms with van der Waals surface area (Å²) >= 11 is 7.50. The number of hydrogen-bond acceptors (Lipinski definition) is 3. The lowest BCUT2D eigenvalue weighted by Crippen LogP contribution is -2.19. The minimum atomic E-state index is -0.433. The molecule has 0 aromatic heterocycles. The lowest BCUT2D eigenvalue weighted by Gasteiger charge is -2.17. The Hall–Kier alpha value is -2.76. The molecular weight excluding hydrogens is 416 g/mol. The minimum absolute atomic E-state index is 0.0819. The number of halogens is 1. The molecule has 2 amide bonds. The molecule has 1 fully saturated rings. The van der Waals surface area contributed by atoms with Crippen LogP contribution in [0.25, 0.3) is 0 Å². The Kier molecular flexibility index (Phi) is 6.41. The van der Waals surface area contributed by atoms with Gasteiger partial charge in [-0.2, -0.15) is 0 Å². The fourth-order valence-electron chi connectivity index (χ4n) is 3.02. The van der Waals surface area contributed by atoms with Crippen LogP contribution in [0, 0.1) is 5.92 Å². The number of nitrogens with one attached hydrogen (secondary N) is 2. The summed E-state index contributed by atoms with van der Waals surface area (Å²) in [6.45, 7) is 0. The Morgan fingerprint density at radius 1 is 0.867 bits per heavy atom. The van der Waals surface area contributed by atoms with E-state index in [-0.39, 0.29) is 17.7 Å². The van der Waals surface area contributed by atoms with E-state index in [1.807, 2.05) is 60.7 Å². The standard InChI is InChI=1S/C24H21ClN2O2S/c25-18-7-4-8-20(15-18)27-24(29)22(16-5-2-1-3-6-16)30-21-13-11-19(12-14-21)26-23(28)17-9-10-17/h1-8,11-15,17,22H,9-10H2,(H,26,28)(H,27,29). The van der Waals surface area contributed by atoms with Crippen LogP contribution in [0.3, 0.4) is 0 Å². The van der Waals surface area contributed by atoms with Crippen LogP contribution in [0.1, 0.15) is 23.7 Å². The third-order valence-electron chi connectivity index (χ3n) is 4.76. The highest BCUT2D eigenvalue weighted by molar-refractivity contribution is 8.00. The molecule has 1 aliphatic rings. The molecule has 0 bridgehead atoms. The molecule has 0 aliphatic heterocycles. The predicted molar refractivity (Wildman–Crippen MR) is 123 cm³/mol. The van der Waals surface area contributed by atoms with E-state index < -0.39 is 5.25 Å². The SMILES string of the molecule is O=C(Nc1ccc(SC(C(=O)Nc2cccc(Cl)c2)c2ccccc2)cc1)C1CC1. The number of thioether (sulfide) groups is 1. The molecule has 2 N–H and O–H groups in total. The second-order valence-electron chi connectivity index (χ2n) is 7.20. The first kappa shape index (κ1) is 20.5. The number of anilines is 2. The van der Waals surface area contributed by atoms with Crippen molar-refractivity contribution in [2.24, 2.45) is 5.92 Å². The van der Waals surface area contributed by atoms with Crippen molar-refractivity contribution in [3.05, 3.63) is 89.4 Å². The third-order valence-corrected chi connectivity index (χ3v) is 6.26. The second kappa shape index (κ2) is 9.37. The molecule has 30 heavy (non-hydrogen) atoms. The molecule has 3 aromatic rings. The van der Waals surface area contributed by atoms with E-state index in [4.69, 9.17) is 11.6 Å². The van der Waals surface area contributed by atoms with Gasteiger partial charge in [-0.1, -0.05) is 48.0 Å². The van der Waals surface area contributed by atoms with Gasteiger partial charge in [0.2, 0.25) is 11.8 Å². The number of benzene rings is 3. The van der Waals surface area contributed by atoms with Crippen LogP contribution in [0.2, 0.25) is 5.02 Å². The number of hydrogen-bond donors (Lipinski definition) is 2. The van der Waals surface area contributed by atoms with E-state index in [2.05, 4.69) is 10.6 Å². The summed E-state index contributed by atoms with van der Waals surface area (Å²) in [4.78, 5) is 26.0. The molecule has 1 saturated carbocycles. The maximum absolute atomic E-state index is 13.1. The van der Waals surface area contributed by atoms with Crippen molar-refractivity contribution in [1.29, 1.82) is 0 Å². The Bertz CT molecular complexity index is 1040. The van der Waals surface area contributed by atoms with Gasteiger partial charge in [-0.05, 0) is 60.9 Å². The zero-order chi connectivity index (χ0) is 20.9. The fraction of sp³-hybridized carbons (Fsp3) is 0.167. The summed E-state index contributed by atoms with van der Waals surface area (Å²) in [5.41, 5.74) is 2.34. The van der Waals surface area contributed by atoms with Crippen molar-refractivity contribution in [2.45, 2.75) is 23.0 Å². The van der Waals surface area contributed by atoms with Crippen molar-refractivity contribution in [2.75, 3.05) is 10.6 Å². The highest BCUT2D eigenvalue weighted by Crippen LogP contribution is 2.37. The van der Waals surface area contributed by atoms with E-state index in [9.17, 15) is 9.59 Å². The van der Waals surface area contributed by atoms with Gasteiger partial charge >= 0.3 is 0 Å². The number of carbonyl (C=O) groups is 2. The zero-order valence-electron chi connectivity index (χ0n) is 16.2. The molecule has 0 radical (unpaired) electrons. The molecule has 0 heterocycles. The van der Waals surface area contributed by atoms with Crippen LogP contribution in [0.5, 0.6) is 0 Å². The summed E-state index contributed by atoms with van der Waals surface area (Å²) < 4.78 is 0.